The van der Waals surface area contributed by atoms with Crippen LogP contribution in [0.3, 0.4) is 0 Å². The number of aromatic nitrogens is 5. The van der Waals surface area contributed by atoms with Gasteiger partial charge >= 0.3 is 0 Å². The van der Waals surface area contributed by atoms with Crippen LogP contribution in [0.25, 0.3) is 55.4 Å². The molecule has 0 fully saturated rings. The third-order valence-electron chi connectivity index (χ3n) is 8.09. The Kier molecular flexibility index (Phi) is 8.24. The zero-order valence-corrected chi connectivity index (χ0v) is 25.8. The summed E-state index contributed by atoms with van der Waals surface area (Å²) in [5, 5.41) is 16.6. The number of nitrogens with zero attached hydrogens (tertiary/aromatic N) is 4. The molecule has 0 radical (unpaired) electrons. The van der Waals surface area contributed by atoms with Crippen LogP contribution in [0, 0.1) is 5.82 Å². The van der Waals surface area contributed by atoms with Crippen LogP contribution < -0.4 is 10.6 Å². The molecule has 0 aliphatic carbocycles. The summed E-state index contributed by atoms with van der Waals surface area (Å²) in [6.07, 6.45) is 7.38. The number of halogens is 1. The van der Waals surface area contributed by atoms with Gasteiger partial charge in [0.25, 0.3) is 0 Å². The molecule has 0 saturated carbocycles. The van der Waals surface area contributed by atoms with E-state index in [1.807, 2.05) is 38.6 Å². The molecule has 0 unspecified atom stereocenters. The van der Waals surface area contributed by atoms with E-state index in [1.165, 1.54) is 11.6 Å². The number of benzene rings is 3. The Bertz CT molecular complexity index is 2120. The average molecular weight is 611 g/mol. The SMILES string of the molecule is CN(C)CCNc1cc(F)cc(-c2cncc3[nH]c(-c4n[nH]c5ccc(-c6cncc(CNCc7ccccc7)c6)cc45)cc23)c1. The van der Waals surface area contributed by atoms with Gasteiger partial charge in [0.1, 0.15) is 11.5 Å². The summed E-state index contributed by atoms with van der Waals surface area (Å²) in [4.78, 5) is 14.6. The largest absolute Gasteiger partial charge is 0.384 e. The van der Waals surface area contributed by atoms with E-state index in [0.29, 0.717) is 6.54 Å². The van der Waals surface area contributed by atoms with Crippen LogP contribution in [-0.4, -0.2) is 57.2 Å². The van der Waals surface area contributed by atoms with Gasteiger partial charge in [-0.1, -0.05) is 36.4 Å². The quantitative estimate of drug-likeness (QED) is 0.123. The van der Waals surface area contributed by atoms with Crippen LogP contribution >= 0.6 is 0 Å². The van der Waals surface area contributed by atoms with Crippen LogP contribution in [0.15, 0.2) is 104 Å². The highest BCUT2D eigenvalue weighted by atomic mass is 19.1. The van der Waals surface area contributed by atoms with Crippen molar-refractivity contribution < 1.29 is 4.39 Å². The Hall–Kier alpha value is -5.38. The van der Waals surface area contributed by atoms with E-state index < -0.39 is 0 Å². The van der Waals surface area contributed by atoms with E-state index in [2.05, 4.69) is 95.3 Å². The van der Waals surface area contributed by atoms with Crippen molar-refractivity contribution in [1.82, 2.24) is 35.4 Å². The number of pyridine rings is 2. The van der Waals surface area contributed by atoms with Gasteiger partial charge < -0.3 is 20.5 Å². The normalized spacial score (nSPS) is 11.6. The second-order valence-electron chi connectivity index (χ2n) is 11.8. The first-order valence-electron chi connectivity index (χ1n) is 15.3. The third-order valence-corrected chi connectivity index (χ3v) is 8.09. The molecule has 9 heteroatoms. The number of likely N-dealkylation sites (N-methyl/N-ethyl adjacent to an activating group) is 1. The van der Waals surface area contributed by atoms with Crippen molar-refractivity contribution in [2.45, 2.75) is 13.1 Å². The number of nitrogens with one attached hydrogen (secondary N) is 4. The van der Waals surface area contributed by atoms with Crippen LogP contribution in [-0.2, 0) is 13.1 Å². The maximum atomic E-state index is 14.7. The molecule has 0 amide bonds. The molecule has 4 heterocycles. The van der Waals surface area contributed by atoms with Crippen molar-refractivity contribution in [3.05, 3.63) is 121 Å². The van der Waals surface area contributed by atoms with E-state index in [9.17, 15) is 4.39 Å². The van der Waals surface area contributed by atoms with E-state index in [-0.39, 0.29) is 5.82 Å². The highest BCUT2D eigenvalue weighted by Crippen LogP contribution is 2.35. The van der Waals surface area contributed by atoms with E-state index >= 15 is 0 Å². The summed E-state index contributed by atoms with van der Waals surface area (Å²) in [6, 6.07) is 25.9. The highest BCUT2D eigenvalue weighted by Gasteiger charge is 2.16. The Balaban J connectivity index is 1.17. The fourth-order valence-electron chi connectivity index (χ4n) is 5.77. The van der Waals surface area contributed by atoms with Gasteiger partial charge in [0, 0.05) is 72.4 Å². The number of fused-ring (bicyclic) bond motifs is 2. The van der Waals surface area contributed by atoms with Crippen molar-refractivity contribution in [3.63, 3.8) is 0 Å². The predicted octanol–water partition coefficient (Wildman–Crippen LogP) is 7.24. The minimum absolute atomic E-state index is 0.297. The van der Waals surface area contributed by atoms with Gasteiger partial charge in [-0.3, -0.25) is 15.1 Å². The molecule has 4 aromatic heterocycles. The molecular formula is C37H35FN8. The molecule has 0 bridgehead atoms. The summed E-state index contributed by atoms with van der Waals surface area (Å²) in [7, 11) is 4.03. The van der Waals surface area contributed by atoms with Gasteiger partial charge in [-0.25, -0.2) is 4.39 Å². The average Bonchev–Trinajstić information content (AvgIpc) is 3.69. The topological polar surface area (TPSA) is 97.5 Å². The first kappa shape index (κ1) is 29.3. The lowest BCUT2D eigenvalue weighted by molar-refractivity contribution is 0.425. The summed E-state index contributed by atoms with van der Waals surface area (Å²) >= 11 is 0. The molecule has 46 heavy (non-hydrogen) atoms. The van der Waals surface area contributed by atoms with E-state index in [0.717, 1.165) is 86.3 Å². The molecule has 0 aliphatic heterocycles. The fraction of sp³-hybridized carbons (Fsp3) is 0.162. The molecule has 0 aliphatic rings. The Morgan fingerprint density at radius 2 is 1.59 bits per heavy atom. The molecule has 4 N–H and O–H groups in total. The molecule has 8 nitrogen and oxygen atoms in total. The number of rotatable bonds is 11. The molecule has 3 aromatic carbocycles. The lowest BCUT2D eigenvalue weighted by atomic mass is 10.0. The smallest absolute Gasteiger partial charge is 0.125 e. The lowest BCUT2D eigenvalue weighted by Gasteiger charge is -2.13. The van der Waals surface area contributed by atoms with Crippen molar-refractivity contribution in [2.24, 2.45) is 0 Å². The molecular weight excluding hydrogens is 575 g/mol. The first-order chi connectivity index (χ1) is 22.5. The molecule has 230 valence electrons. The van der Waals surface area contributed by atoms with Crippen LogP contribution in [0.2, 0.25) is 0 Å². The van der Waals surface area contributed by atoms with Crippen LogP contribution in [0.4, 0.5) is 10.1 Å². The Labute approximate surface area is 266 Å². The monoisotopic (exact) mass is 610 g/mol. The minimum atomic E-state index is -0.297. The third kappa shape index (κ3) is 6.37. The number of H-pyrrole nitrogens is 2. The standard InChI is InChI=1S/C37H35FN8/c1-46(2)11-10-42-30-14-27(13-29(38)16-30)33-22-41-23-36-31(33)17-35(43-36)37-32-15-26(8-9-34(32)44-45-37)28-12-25(20-40-21-28)19-39-18-24-6-4-3-5-7-24/h3-9,12-17,20-23,39,42-43H,10-11,18-19H2,1-2H3,(H,44,45). The van der Waals surface area contributed by atoms with Crippen LogP contribution in [0.5, 0.6) is 0 Å². The summed E-state index contributed by atoms with van der Waals surface area (Å²) in [6.45, 7) is 3.08. The molecule has 0 saturated heterocycles. The minimum Gasteiger partial charge on any atom is -0.384 e. The van der Waals surface area contributed by atoms with Gasteiger partial charge in [-0.05, 0) is 78.8 Å². The molecule has 0 atom stereocenters. The highest BCUT2D eigenvalue weighted by molar-refractivity contribution is 6.01. The molecule has 7 rings (SSSR count). The lowest BCUT2D eigenvalue weighted by Crippen LogP contribution is -2.20. The zero-order valence-electron chi connectivity index (χ0n) is 25.8. The van der Waals surface area contributed by atoms with Gasteiger partial charge in [-0.2, -0.15) is 5.10 Å². The van der Waals surface area contributed by atoms with Crippen molar-refractivity contribution in [1.29, 1.82) is 0 Å². The number of hydrogen-bond donors (Lipinski definition) is 4. The van der Waals surface area contributed by atoms with Crippen molar-refractivity contribution in [3.8, 4) is 33.6 Å². The van der Waals surface area contributed by atoms with Gasteiger partial charge in [0.2, 0.25) is 0 Å². The van der Waals surface area contributed by atoms with Crippen molar-refractivity contribution in [2.75, 3.05) is 32.5 Å². The summed E-state index contributed by atoms with van der Waals surface area (Å²) < 4.78 is 14.7. The van der Waals surface area contributed by atoms with E-state index in [1.54, 1.807) is 18.5 Å². The summed E-state index contributed by atoms with van der Waals surface area (Å²) in [5.41, 5.74) is 10.2. The second-order valence-corrected chi connectivity index (χ2v) is 11.8. The molecule has 0 spiro atoms. The number of aromatic amines is 2. The zero-order chi connectivity index (χ0) is 31.5. The maximum Gasteiger partial charge on any atom is 0.125 e. The number of hydrogen-bond acceptors (Lipinski definition) is 6. The van der Waals surface area contributed by atoms with Gasteiger partial charge in [0.15, 0.2) is 0 Å². The van der Waals surface area contributed by atoms with Crippen molar-refractivity contribution >= 4 is 27.5 Å². The van der Waals surface area contributed by atoms with Gasteiger partial charge in [-0.15, -0.1) is 0 Å². The van der Waals surface area contributed by atoms with E-state index in [4.69, 9.17) is 0 Å². The fourth-order valence-corrected chi connectivity index (χ4v) is 5.77. The maximum absolute atomic E-state index is 14.7. The Morgan fingerprint density at radius 3 is 2.46 bits per heavy atom. The molecule has 7 aromatic rings. The predicted molar refractivity (Wildman–Crippen MR) is 184 cm³/mol. The van der Waals surface area contributed by atoms with Gasteiger partial charge in [0.05, 0.1) is 22.9 Å². The van der Waals surface area contributed by atoms with Crippen LogP contribution in [0.1, 0.15) is 11.1 Å². The second kappa shape index (κ2) is 12.9. The first-order valence-corrected chi connectivity index (χ1v) is 15.3. The Morgan fingerprint density at radius 1 is 0.739 bits per heavy atom. The number of anilines is 1. The summed E-state index contributed by atoms with van der Waals surface area (Å²) in [5.74, 6) is -0.297.